The van der Waals surface area contributed by atoms with E-state index in [9.17, 15) is 4.79 Å². The Morgan fingerprint density at radius 3 is 2.73 bits per heavy atom. The maximum atomic E-state index is 12.1. The molecule has 0 aromatic heterocycles. The molecule has 1 atom stereocenters. The number of amides is 1. The van der Waals surface area contributed by atoms with Gasteiger partial charge in [0.1, 0.15) is 5.75 Å². The molecule has 0 unspecified atom stereocenters. The lowest BCUT2D eigenvalue weighted by Gasteiger charge is -2.16. The number of benzene rings is 2. The van der Waals surface area contributed by atoms with E-state index in [2.05, 4.69) is 16.3 Å². The van der Waals surface area contributed by atoms with Crippen LogP contribution >= 0.6 is 11.6 Å². The number of carbonyl (C=O) groups is 1. The molecule has 1 heterocycles. The summed E-state index contributed by atoms with van der Waals surface area (Å²) in [6.45, 7) is 3.32. The Morgan fingerprint density at radius 2 is 2.00 bits per heavy atom. The fourth-order valence-corrected chi connectivity index (χ4v) is 3.68. The summed E-state index contributed by atoms with van der Waals surface area (Å²) < 4.78 is 5.14. The highest BCUT2D eigenvalue weighted by molar-refractivity contribution is 6.31. The summed E-state index contributed by atoms with van der Waals surface area (Å²) in [6, 6.07) is 15.8. The normalized spacial score (nSPS) is 17.2. The maximum absolute atomic E-state index is 12.1. The molecular weight excluding hydrogens is 348 g/mol. The van der Waals surface area contributed by atoms with Gasteiger partial charge in [0.2, 0.25) is 5.91 Å². The van der Waals surface area contributed by atoms with Gasteiger partial charge in [-0.05, 0) is 48.2 Å². The summed E-state index contributed by atoms with van der Waals surface area (Å²) in [5.74, 6) is 1.37. The van der Waals surface area contributed by atoms with Crippen LogP contribution in [0.2, 0.25) is 5.02 Å². The van der Waals surface area contributed by atoms with Crippen LogP contribution in [0.1, 0.15) is 29.9 Å². The molecule has 1 amide bonds. The van der Waals surface area contributed by atoms with Crippen molar-refractivity contribution in [1.82, 2.24) is 10.2 Å². The zero-order valence-corrected chi connectivity index (χ0v) is 15.8. The van der Waals surface area contributed by atoms with Gasteiger partial charge in [0, 0.05) is 31.1 Å². The van der Waals surface area contributed by atoms with Gasteiger partial charge in [0.05, 0.1) is 7.11 Å². The van der Waals surface area contributed by atoms with E-state index < -0.39 is 0 Å². The van der Waals surface area contributed by atoms with Gasteiger partial charge in [-0.1, -0.05) is 41.9 Å². The summed E-state index contributed by atoms with van der Waals surface area (Å²) in [5.41, 5.74) is 2.29. The minimum atomic E-state index is 0.0852. The second-order valence-electron chi connectivity index (χ2n) is 6.68. The Morgan fingerprint density at radius 1 is 1.23 bits per heavy atom. The average Bonchev–Trinajstić information content (AvgIpc) is 3.14. The second-order valence-corrected chi connectivity index (χ2v) is 7.09. The molecule has 26 heavy (non-hydrogen) atoms. The molecule has 2 aromatic carbocycles. The SMILES string of the molecule is COc1ccc(CNC(=O)CCN2CC[C@H](c3ccccc3Cl)C2)cc1. The lowest BCUT2D eigenvalue weighted by molar-refractivity contribution is -0.121. The summed E-state index contributed by atoms with van der Waals surface area (Å²) in [4.78, 5) is 14.5. The summed E-state index contributed by atoms with van der Waals surface area (Å²) in [6.07, 6.45) is 1.61. The van der Waals surface area contributed by atoms with Crippen LogP contribution in [-0.4, -0.2) is 37.6 Å². The molecular formula is C21H25ClN2O2. The zero-order chi connectivity index (χ0) is 18.4. The van der Waals surface area contributed by atoms with Gasteiger partial charge < -0.3 is 15.0 Å². The van der Waals surface area contributed by atoms with Gasteiger partial charge in [-0.2, -0.15) is 0 Å². The first kappa shape index (κ1) is 18.7. The molecule has 138 valence electrons. The van der Waals surface area contributed by atoms with E-state index in [4.69, 9.17) is 16.3 Å². The summed E-state index contributed by atoms with van der Waals surface area (Å²) >= 11 is 6.31. The molecule has 2 aromatic rings. The number of methoxy groups -OCH3 is 1. The quantitative estimate of drug-likeness (QED) is 0.802. The number of likely N-dealkylation sites (tertiary alicyclic amines) is 1. The molecule has 0 bridgehead atoms. The number of nitrogens with zero attached hydrogens (tertiary/aromatic N) is 1. The van der Waals surface area contributed by atoms with Crippen molar-refractivity contribution in [2.45, 2.75) is 25.3 Å². The highest BCUT2D eigenvalue weighted by atomic mass is 35.5. The van der Waals surface area contributed by atoms with Crippen molar-refractivity contribution >= 4 is 17.5 Å². The topological polar surface area (TPSA) is 41.6 Å². The van der Waals surface area contributed by atoms with Crippen molar-refractivity contribution in [2.75, 3.05) is 26.7 Å². The van der Waals surface area contributed by atoms with Crippen LogP contribution in [0.3, 0.4) is 0 Å². The first-order chi connectivity index (χ1) is 12.7. The zero-order valence-electron chi connectivity index (χ0n) is 15.1. The van der Waals surface area contributed by atoms with E-state index in [0.717, 1.165) is 42.4 Å². The van der Waals surface area contributed by atoms with Crippen molar-refractivity contribution in [3.8, 4) is 5.75 Å². The molecule has 3 rings (SSSR count). The van der Waals surface area contributed by atoms with E-state index in [1.165, 1.54) is 5.56 Å². The molecule has 1 fully saturated rings. The van der Waals surface area contributed by atoms with Gasteiger partial charge >= 0.3 is 0 Å². The van der Waals surface area contributed by atoms with Crippen LogP contribution in [0, 0.1) is 0 Å². The molecule has 5 heteroatoms. The van der Waals surface area contributed by atoms with Gasteiger partial charge in [-0.3, -0.25) is 4.79 Å². The van der Waals surface area contributed by atoms with Crippen molar-refractivity contribution in [2.24, 2.45) is 0 Å². The molecule has 1 N–H and O–H groups in total. The van der Waals surface area contributed by atoms with Crippen molar-refractivity contribution in [3.05, 3.63) is 64.7 Å². The van der Waals surface area contributed by atoms with E-state index in [-0.39, 0.29) is 5.91 Å². The minimum absolute atomic E-state index is 0.0852. The number of hydrogen-bond donors (Lipinski definition) is 1. The molecule has 0 aliphatic carbocycles. The smallest absolute Gasteiger partial charge is 0.221 e. The predicted octanol–water partition coefficient (Wildman–Crippen LogP) is 3.84. The summed E-state index contributed by atoms with van der Waals surface area (Å²) in [5, 5.41) is 3.83. The Labute approximate surface area is 160 Å². The number of carbonyl (C=O) groups excluding carboxylic acids is 1. The standard InChI is InChI=1S/C21H25ClN2O2/c1-26-18-8-6-16(7-9-18)14-23-21(25)11-13-24-12-10-17(15-24)19-4-2-3-5-20(19)22/h2-9,17H,10-15H2,1H3,(H,23,25)/t17-/m0/s1. The Bertz CT molecular complexity index is 733. The highest BCUT2D eigenvalue weighted by Gasteiger charge is 2.25. The predicted molar refractivity (Wildman–Crippen MR) is 105 cm³/mol. The van der Waals surface area contributed by atoms with Crippen LogP contribution < -0.4 is 10.1 Å². The number of halogens is 1. The van der Waals surface area contributed by atoms with Crippen LogP contribution in [0.5, 0.6) is 5.75 Å². The second kappa shape index (κ2) is 9.06. The largest absolute Gasteiger partial charge is 0.497 e. The van der Waals surface area contributed by atoms with Crippen LogP contribution in [0.25, 0.3) is 0 Å². The minimum Gasteiger partial charge on any atom is -0.497 e. The molecule has 1 aliphatic heterocycles. The first-order valence-electron chi connectivity index (χ1n) is 9.02. The van der Waals surface area contributed by atoms with E-state index in [1.807, 2.05) is 42.5 Å². The Hall–Kier alpha value is -2.04. The van der Waals surface area contributed by atoms with Crippen molar-refractivity contribution < 1.29 is 9.53 Å². The van der Waals surface area contributed by atoms with E-state index >= 15 is 0 Å². The first-order valence-corrected chi connectivity index (χ1v) is 9.40. The molecule has 0 spiro atoms. The van der Waals surface area contributed by atoms with Crippen LogP contribution in [0.4, 0.5) is 0 Å². The molecule has 0 radical (unpaired) electrons. The number of nitrogens with one attached hydrogen (secondary N) is 1. The third kappa shape index (κ3) is 4.99. The molecule has 0 saturated carbocycles. The monoisotopic (exact) mass is 372 g/mol. The average molecular weight is 373 g/mol. The third-order valence-corrected chi connectivity index (χ3v) is 5.27. The third-order valence-electron chi connectivity index (χ3n) is 4.92. The van der Waals surface area contributed by atoms with Gasteiger partial charge in [-0.15, -0.1) is 0 Å². The number of rotatable bonds is 7. The molecule has 4 nitrogen and oxygen atoms in total. The van der Waals surface area contributed by atoms with Crippen LogP contribution in [0.15, 0.2) is 48.5 Å². The Kier molecular flexibility index (Phi) is 6.53. The fourth-order valence-electron chi connectivity index (χ4n) is 3.39. The highest BCUT2D eigenvalue weighted by Crippen LogP contribution is 2.31. The summed E-state index contributed by atoms with van der Waals surface area (Å²) in [7, 11) is 1.64. The van der Waals surface area contributed by atoms with Crippen molar-refractivity contribution in [3.63, 3.8) is 0 Å². The lowest BCUT2D eigenvalue weighted by Crippen LogP contribution is -2.29. The maximum Gasteiger partial charge on any atom is 0.221 e. The van der Waals surface area contributed by atoms with Gasteiger partial charge in [0.25, 0.3) is 0 Å². The molecule has 1 aliphatic rings. The fraction of sp³-hybridized carbons (Fsp3) is 0.381. The van der Waals surface area contributed by atoms with Crippen molar-refractivity contribution in [1.29, 1.82) is 0 Å². The van der Waals surface area contributed by atoms with Crippen LogP contribution in [-0.2, 0) is 11.3 Å². The van der Waals surface area contributed by atoms with E-state index in [0.29, 0.717) is 18.9 Å². The molecule has 1 saturated heterocycles. The van der Waals surface area contributed by atoms with E-state index in [1.54, 1.807) is 7.11 Å². The number of hydrogen-bond acceptors (Lipinski definition) is 3. The lowest BCUT2D eigenvalue weighted by atomic mass is 9.98. The van der Waals surface area contributed by atoms with Gasteiger partial charge in [-0.25, -0.2) is 0 Å². The van der Waals surface area contributed by atoms with Gasteiger partial charge in [0.15, 0.2) is 0 Å². The Balaban J connectivity index is 1.40. The number of ether oxygens (including phenoxy) is 1.